The normalized spacial score (nSPS) is 25.8. The molecule has 0 aromatic carbocycles. The maximum absolute atomic E-state index is 4.90. The van der Waals surface area contributed by atoms with Gasteiger partial charge in [-0.2, -0.15) is 0 Å². The Labute approximate surface area is 127 Å². The molecule has 0 aliphatic carbocycles. The van der Waals surface area contributed by atoms with E-state index in [2.05, 4.69) is 60.2 Å². The van der Waals surface area contributed by atoms with Gasteiger partial charge in [0, 0.05) is 38.8 Å². The van der Waals surface area contributed by atoms with Crippen molar-refractivity contribution in [1.29, 1.82) is 0 Å². The molecule has 5 nitrogen and oxygen atoms in total. The molecule has 2 aliphatic heterocycles. The quantitative estimate of drug-likeness (QED) is 0.899. The molecule has 1 aromatic heterocycles. The van der Waals surface area contributed by atoms with E-state index in [1.54, 1.807) is 0 Å². The minimum Gasteiger partial charge on any atom is -0.372 e. The first-order valence-corrected chi connectivity index (χ1v) is 7.94. The number of rotatable bonds is 2. The number of hydrogen-bond acceptors (Lipinski definition) is 5. The summed E-state index contributed by atoms with van der Waals surface area (Å²) in [6, 6.07) is 5.50. The highest BCUT2D eigenvalue weighted by atomic mass is 15.3. The minimum absolute atomic E-state index is 0.476. The van der Waals surface area contributed by atoms with Gasteiger partial charge < -0.3 is 20.0 Å². The third kappa shape index (κ3) is 2.93. The molecule has 0 amide bonds. The Balaban J connectivity index is 1.82. The highest BCUT2D eigenvalue weighted by Crippen LogP contribution is 2.31. The molecule has 0 unspecified atom stereocenters. The summed E-state index contributed by atoms with van der Waals surface area (Å²) in [6.45, 7) is 5.48. The summed E-state index contributed by atoms with van der Waals surface area (Å²) in [5.74, 6) is 2.14. The molecule has 0 spiro atoms. The Morgan fingerprint density at radius 3 is 2.76 bits per heavy atom. The second-order valence-electron chi connectivity index (χ2n) is 6.64. The zero-order valence-corrected chi connectivity index (χ0v) is 13.6. The molecule has 1 fully saturated rings. The molecule has 5 heteroatoms. The van der Waals surface area contributed by atoms with Crippen LogP contribution in [0.3, 0.4) is 0 Å². The first-order chi connectivity index (χ1) is 10.0. The summed E-state index contributed by atoms with van der Waals surface area (Å²) < 4.78 is 0. The number of anilines is 3. The zero-order valence-electron chi connectivity index (χ0n) is 13.6. The van der Waals surface area contributed by atoms with Gasteiger partial charge >= 0.3 is 0 Å². The van der Waals surface area contributed by atoms with Crippen molar-refractivity contribution < 1.29 is 0 Å². The molecule has 2 atom stereocenters. The summed E-state index contributed by atoms with van der Waals surface area (Å²) in [5.41, 5.74) is 1.21. The van der Waals surface area contributed by atoms with E-state index in [4.69, 9.17) is 4.98 Å². The van der Waals surface area contributed by atoms with Crippen LogP contribution in [0, 0.1) is 0 Å². The van der Waals surface area contributed by atoms with Crippen molar-refractivity contribution in [2.45, 2.75) is 31.8 Å². The lowest BCUT2D eigenvalue weighted by molar-refractivity contribution is 0.315. The monoisotopic (exact) mass is 289 g/mol. The van der Waals surface area contributed by atoms with E-state index in [1.165, 1.54) is 12.1 Å². The fourth-order valence-corrected chi connectivity index (χ4v) is 3.22. The van der Waals surface area contributed by atoms with Crippen LogP contribution in [0.1, 0.15) is 19.8 Å². The smallest absolute Gasteiger partial charge is 0.152 e. The van der Waals surface area contributed by atoms with Crippen molar-refractivity contribution in [3.05, 3.63) is 12.1 Å². The van der Waals surface area contributed by atoms with Crippen molar-refractivity contribution in [3.63, 3.8) is 0 Å². The summed E-state index contributed by atoms with van der Waals surface area (Å²) >= 11 is 0. The van der Waals surface area contributed by atoms with Crippen molar-refractivity contribution >= 4 is 17.3 Å². The second kappa shape index (κ2) is 5.72. The van der Waals surface area contributed by atoms with Gasteiger partial charge in [-0.15, -0.1) is 0 Å². The summed E-state index contributed by atoms with van der Waals surface area (Å²) in [5, 5.41) is 3.56. The van der Waals surface area contributed by atoms with E-state index in [0.29, 0.717) is 12.1 Å². The molecule has 3 rings (SSSR count). The third-order valence-electron chi connectivity index (χ3n) is 4.77. The van der Waals surface area contributed by atoms with Crippen LogP contribution < -0.4 is 15.1 Å². The zero-order chi connectivity index (χ0) is 15.0. The highest BCUT2D eigenvalue weighted by Gasteiger charge is 2.26. The van der Waals surface area contributed by atoms with Gasteiger partial charge in [0.05, 0.1) is 5.69 Å². The molecule has 0 radical (unpaired) electrons. The Hall–Kier alpha value is -1.49. The van der Waals surface area contributed by atoms with Gasteiger partial charge in [-0.1, -0.05) is 0 Å². The van der Waals surface area contributed by atoms with Gasteiger partial charge in [0.2, 0.25) is 0 Å². The molecule has 3 heterocycles. The van der Waals surface area contributed by atoms with Crippen LogP contribution in [-0.4, -0.2) is 62.7 Å². The van der Waals surface area contributed by atoms with Gasteiger partial charge in [-0.25, -0.2) is 4.98 Å². The molecule has 0 saturated carbocycles. The molecule has 1 saturated heterocycles. The van der Waals surface area contributed by atoms with Crippen LogP contribution in [-0.2, 0) is 0 Å². The highest BCUT2D eigenvalue weighted by molar-refractivity contribution is 5.69. The average molecular weight is 289 g/mol. The molecule has 1 N–H and O–H groups in total. The number of hydrogen-bond donors (Lipinski definition) is 1. The summed E-state index contributed by atoms with van der Waals surface area (Å²) in [7, 11) is 6.48. The Morgan fingerprint density at radius 2 is 2.05 bits per heavy atom. The van der Waals surface area contributed by atoms with Crippen molar-refractivity contribution in [2.24, 2.45) is 0 Å². The van der Waals surface area contributed by atoms with E-state index in [-0.39, 0.29) is 0 Å². The number of nitrogens with one attached hydrogen (secondary N) is 1. The number of fused-ring (bicyclic) bond motifs is 1. The third-order valence-corrected chi connectivity index (χ3v) is 4.77. The van der Waals surface area contributed by atoms with E-state index >= 15 is 0 Å². The van der Waals surface area contributed by atoms with Crippen LogP contribution in [0.5, 0.6) is 0 Å². The predicted molar refractivity (Wildman–Crippen MR) is 89.5 cm³/mol. The lowest BCUT2D eigenvalue weighted by Gasteiger charge is -2.23. The minimum atomic E-state index is 0.476. The average Bonchev–Trinajstić information content (AvgIpc) is 2.89. The van der Waals surface area contributed by atoms with Gasteiger partial charge in [0.1, 0.15) is 5.82 Å². The number of likely N-dealkylation sites (N-methyl/N-ethyl adjacent to an activating group) is 1. The lowest BCUT2D eigenvalue weighted by Crippen LogP contribution is -2.31. The summed E-state index contributed by atoms with van der Waals surface area (Å²) in [4.78, 5) is 11.9. The lowest BCUT2D eigenvalue weighted by atomic mass is 10.2. The maximum atomic E-state index is 4.90. The van der Waals surface area contributed by atoms with Gasteiger partial charge in [-0.3, -0.25) is 0 Å². The standard InChI is InChI=1S/C16H27N5/c1-12-7-9-20(4)14-5-6-15(18-16(14)17-12)21-10-8-13(11-21)19(2)3/h5-6,12-13H,7-11H2,1-4H3,(H,17,18)/t12-,13+/m1/s1. The van der Waals surface area contributed by atoms with Gasteiger partial charge in [0.25, 0.3) is 0 Å². The topological polar surface area (TPSA) is 34.6 Å². The molecule has 0 bridgehead atoms. The van der Waals surface area contributed by atoms with Crippen molar-refractivity contribution in [3.8, 4) is 0 Å². The first kappa shape index (κ1) is 14.4. The Morgan fingerprint density at radius 1 is 1.24 bits per heavy atom. The van der Waals surface area contributed by atoms with Crippen LogP contribution in [0.25, 0.3) is 0 Å². The SMILES string of the molecule is C[C@@H]1CCN(C)c2ccc(N3CC[C@H](N(C)C)C3)nc2N1. The number of aromatic nitrogens is 1. The molecule has 2 aliphatic rings. The fourth-order valence-electron chi connectivity index (χ4n) is 3.22. The summed E-state index contributed by atoms with van der Waals surface area (Å²) in [6.07, 6.45) is 2.37. The van der Waals surface area contributed by atoms with Crippen LogP contribution in [0.15, 0.2) is 12.1 Å². The van der Waals surface area contributed by atoms with Gasteiger partial charge in [0.15, 0.2) is 5.82 Å². The maximum Gasteiger partial charge on any atom is 0.152 e. The molecular weight excluding hydrogens is 262 g/mol. The first-order valence-electron chi connectivity index (χ1n) is 7.94. The van der Waals surface area contributed by atoms with Gasteiger partial charge in [-0.05, 0) is 46.0 Å². The number of pyridine rings is 1. The second-order valence-corrected chi connectivity index (χ2v) is 6.64. The van der Waals surface area contributed by atoms with E-state index in [0.717, 1.165) is 37.7 Å². The predicted octanol–water partition coefficient (Wildman–Crippen LogP) is 1.86. The molecular formula is C16H27N5. The van der Waals surface area contributed by atoms with Crippen LogP contribution in [0.2, 0.25) is 0 Å². The van der Waals surface area contributed by atoms with E-state index in [9.17, 15) is 0 Å². The van der Waals surface area contributed by atoms with Crippen LogP contribution in [0.4, 0.5) is 17.3 Å². The largest absolute Gasteiger partial charge is 0.372 e. The van der Waals surface area contributed by atoms with Crippen molar-refractivity contribution in [2.75, 3.05) is 55.9 Å². The van der Waals surface area contributed by atoms with E-state index < -0.39 is 0 Å². The Bertz CT molecular complexity index is 501. The number of nitrogens with zero attached hydrogens (tertiary/aromatic N) is 4. The fraction of sp³-hybridized carbons (Fsp3) is 0.688. The molecule has 1 aromatic rings. The van der Waals surface area contributed by atoms with E-state index in [1.807, 2.05) is 0 Å². The van der Waals surface area contributed by atoms with Crippen molar-refractivity contribution in [1.82, 2.24) is 9.88 Å². The Kier molecular flexibility index (Phi) is 3.93. The molecule has 116 valence electrons. The molecule has 21 heavy (non-hydrogen) atoms. The van der Waals surface area contributed by atoms with Crippen LogP contribution >= 0.6 is 0 Å².